The molecule has 0 amide bonds. The van der Waals surface area contributed by atoms with Crippen molar-refractivity contribution in [2.24, 2.45) is 0 Å². The van der Waals surface area contributed by atoms with Gasteiger partial charge in [0.2, 0.25) is 10.0 Å². The second kappa shape index (κ2) is 8.26. The monoisotopic (exact) mass is 378 g/mol. The van der Waals surface area contributed by atoms with Gasteiger partial charge in [-0.25, -0.2) is 12.8 Å². The zero-order valence-corrected chi connectivity index (χ0v) is 15.6. The van der Waals surface area contributed by atoms with Crippen LogP contribution in [0.25, 0.3) is 0 Å². The molecule has 0 aromatic heterocycles. The van der Waals surface area contributed by atoms with Crippen LogP contribution in [0.3, 0.4) is 0 Å². The highest BCUT2D eigenvalue weighted by Gasteiger charge is 2.26. The molecule has 0 saturated carbocycles. The van der Waals surface area contributed by atoms with E-state index in [-0.39, 0.29) is 10.7 Å². The number of rotatable bonds is 6. The maximum Gasteiger partial charge on any atom is 0.243 e. The molecule has 5 nitrogen and oxygen atoms in total. The number of sulfonamides is 1. The summed E-state index contributed by atoms with van der Waals surface area (Å²) >= 11 is 0. The van der Waals surface area contributed by atoms with E-state index in [2.05, 4.69) is 0 Å². The van der Waals surface area contributed by atoms with E-state index in [1.807, 2.05) is 24.1 Å². The molecule has 7 heteroatoms. The van der Waals surface area contributed by atoms with E-state index in [0.29, 0.717) is 45.0 Å². The third-order valence-corrected chi connectivity index (χ3v) is 6.25. The van der Waals surface area contributed by atoms with Crippen LogP contribution >= 0.6 is 0 Å². The van der Waals surface area contributed by atoms with Gasteiger partial charge in [-0.1, -0.05) is 30.3 Å². The molecular formula is C19H23FN2O3S. The molecule has 2 aromatic carbocycles. The van der Waals surface area contributed by atoms with Crippen LogP contribution in [-0.2, 0) is 27.8 Å². The Balaban J connectivity index is 1.72. The summed E-state index contributed by atoms with van der Waals surface area (Å²) in [5.41, 5.74) is 1.49. The molecule has 0 unspecified atom stereocenters. The molecule has 0 bridgehead atoms. The Morgan fingerprint density at radius 3 is 2.54 bits per heavy atom. The first kappa shape index (κ1) is 19.0. The number of benzene rings is 2. The zero-order valence-electron chi connectivity index (χ0n) is 14.8. The minimum atomic E-state index is -3.51. The van der Waals surface area contributed by atoms with E-state index in [0.717, 1.165) is 5.56 Å². The molecule has 3 rings (SSSR count). The Kier molecular flexibility index (Phi) is 6.03. The van der Waals surface area contributed by atoms with E-state index in [1.54, 1.807) is 30.3 Å². The lowest BCUT2D eigenvalue weighted by molar-refractivity contribution is 0.0730. The summed E-state index contributed by atoms with van der Waals surface area (Å²) < 4.78 is 46.0. The summed E-state index contributed by atoms with van der Waals surface area (Å²) in [5.74, 6) is -0.233. The Morgan fingerprint density at radius 2 is 1.81 bits per heavy atom. The van der Waals surface area contributed by atoms with E-state index in [9.17, 15) is 12.8 Å². The van der Waals surface area contributed by atoms with Crippen LogP contribution < -0.4 is 0 Å². The predicted octanol–water partition coefficient (Wildman–Crippen LogP) is 2.48. The van der Waals surface area contributed by atoms with Gasteiger partial charge in [0.15, 0.2) is 0 Å². The first-order valence-corrected chi connectivity index (χ1v) is 9.99. The fourth-order valence-electron chi connectivity index (χ4n) is 3.03. The molecule has 0 aliphatic carbocycles. The van der Waals surface area contributed by atoms with Gasteiger partial charge in [-0.05, 0) is 30.8 Å². The minimum Gasteiger partial charge on any atom is -0.379 e. The molecule has 2 aromatic rings. The van der Waals surface area contributed by atoms with Crippen molar-refractivity contribution in [1.29, 1.82) is 0 Å². The molecule has 0 atom stereocenters. The van der Waals surface area contributed by atoms with Crippen molar-refractivity contribution < 1.29 is 17.5 Å². The van der Waals surface area contributed by atoms with Gasteiger partial charge in [-0.3, -0.25) is 4.90 Å². The highest BCUT2D eigenvalue weighted by atomic mass is 32.2. The van der Waals surface area contributed by atoms with Crippen molar-refractivity contribution in [2.75, 3.05) is 33.4 Å². The van der Waals surface area contributed by atoms with Crippen molar-refractivity contribution in [3.8, 4) is 0 Å². The van der Waals surface area contributed by atoms with Crippen molar-refractivity contribution >= 4 is 10.0 Å². The average molecular weight is 378 g/mol. The third kappa shape index (κ3) is 4.48. The molecule has 1 heterocycles. The highest BCUT2D eigenvalue weighted by Crippen LogP contribution is 2.19. The van der Waals surface area contributed by atoms with Crippen LogP contribution in [0, 0.1) is 5.82 Å². The molecule has 0 N–H and O–H groups in total. The van der Waals surface area contributed by atoms with Gasteiger partial charge < -0.3 is 4.74 Å². The quantitative estimate of drug-likeness (QED) is 0.775. The Hall–Kier alpha value is -1.80. The second-order valence-corrected chi connectivity index (χ2v) is 8.37. The summed E-state index contributed by atoms with van der Waals surface area (Å²) in [6, 6.07) is 13.6. The molecule has 140 valence electrons. The summed E-state index contributed by atoms with van der Waals surface area (Å²) in [5, 5.41) is 0. The van der Waals surface area contributed by atoms with Crippen LogP contribution in [0.1, 0.15) is 11.1 Å². The zero-order chi connectivity index (χ0) is 18.6. The first-order valence-electron chi connectivity index (χ1n) is 8.55. The number of ether oxygens (including phenoxy) is 1. The topological polar surface area (TPSA) is 49.9 Å². The number of nitrogens with zero attached hydrogens (tertiary/aromatic N) is 2. The Bertz CT molecular complexity index is 851. The average Bonchev–Trinajstić information content (AvgIpc) is 2.64. The lowest BCUT2D eigenvalue weighted by Gasteiger charge is -2.26. The van der Waals surface area contributed by atoms with E-state index < -0.39 is 10.0 Å². The smallest absolute Gasteiger partial charge is 0.243 e. The normalized spacial score (nSPS) is 16.1. The molecule has 0 spiro atoms. The fraction of sp³-hybridized carbons (Fsp3) is 0.368. The van der Waals surface area contributed by atoms with Gasteiger partial charge in [-0.2, -0.15) is 4.31 Å². The second-order valence-electron chi connectivity index (χ2n) is 6.43. The van der Waals surface area contributed by atoms with Gasteiger partial charge in [-0.15, -0.1) is 0 Å². The van der Waals surface area contributed by atoms with Gasteiger partial charge in [0.05, 0.1) is 18.1 Å². The summed E-state index contributed by atoms with van der Waals surface area (Å²) in [6.07, 6.45) is 0. The van der Waals surface area contributed by atoms with Crippen molar-refractivity contribution in [3.05, 3.63) is 65.5 Å². The summed E-state index contributed by atoms with van der Waals surface area (Å²) in [6.45, 7) is 2.57. The van der Waals surface area contributed by atoms with Gasteiger partial charge in [0.25, 0.3) is 0 Å². The Labute approximate surface area is 154 Å². The minimum absolute atomic E-state index is 0.233. The lowest BCUT2D eigenvalue weighted by atomic mass is 10.1. The number of halogens is 1. The van der Waals surface area contributed by atoms with Crippen molar-refractivity contribution in [2.45, 2.75) is 18.0 Å². The SMILES string of the molecule is CN(Cc1cccc(S(=O)(=O)N2CCOCC2)c1)Cc1ccccc1F. The molecule has 0 radical (unpaired) electrons. The number of hydrogen-bond donors (Lipinski definition) is 0. The largest absolute Gasteiger partial charge is 0.379 e. The van der Waals surface area contributed by atoms with Crippen LogP contribution in [0.2, 0.25) is 0 Å². The van der Waals surface area contributed by atoms with Crippen LogP contribution in [0.4, 0.5) is 4.39 Å². The van der Waals surface area contributed by atoms with Crippen LogP contribution in [0.15, 0.2) is 53.4 Å². The van der Waals surface area contributed by atoms with Crippen LogP contribution in [0.5, 0.6) is 0 Å². The molecule has 1 saturated heterocycles. The van der Waals surface area contributed by atoms with E-state index >= 15 is 0 Å². The molecule has 1 fully saturated rings. The standard InChI is InChI=1S/C19H23FN2O3S/c1-21(15-17-6-2-3-8-19(17)20)14-16-5-4-7-18(13-16)26(23,24)22-9-11-25-12-10-22/h2-8,13H,9-12,14-15H2,1H3. The lowest BCUT2D eigenvalue weighted by Crippen LogP contribution is -2.40. The molecular weight excluding hydrogens is 355 g/mol. The summed E-state index contributed by atoms with van der Waals surface area (Å²) in [4.78, 5) is 2.25. The third-order valence-electron chi connectivity index (χ3n) is 4.36. The maximum absolute atomic E-state index is 13.8. The number of hydrogen-bond acceptors (Lipinski definition) is 4. The maximum atomic E-state index is 13.8. The number of morpholine rings is 1. The van der Waals surface area contributed by atoms with E-state index in [4.69, 9.17) is 4.74 Å². The van der Waals surface area contributed by atoms with Gasteiger partial charge >= 0.3 is 0 Å². The predicted molar refractivity (Wildman–Crippen MR) is 97.6 cm³/mol. The first-order chi connectivity index (χ1) is 12.5. The van der Waals surface area contributed by atoms with Crippen molar-refractivity contribution in [3.63, 3.8) is 0 Å². The highest BCUT2D eigenvalue weighted by molar-refractivity contribution is 7.89. The summed E-state index contributed by atoms with van der Waals surface area (Å²) in [7, 11) is -1.63. The molecule has 26 heavy (non-hydrogen) atoms. The van der Waals surface area contributed by atoms with Crippen LogP contribution in [-0.4, -0.2) is 51.0 Å². The molecule has 1 aliphatic rings. The van der Waals surface area contributed by atoms with Gasteiger partial charge in [0, 0.05) is 31.7 Å². The van der Waals surface area contributed by atoms with Crippen molar-refractivity contribution in [1.82, 2.24) is 9.21 Å². The fourth-order valence-corrected chi connectivity index (χ4v) is 4.50. The van der Waals surface area contributed by atoms with E-state index in [1.165, 1.54) is 10.4 Å². The van der Waals surface area contributed by atoms with Gasteiger partial charge in [0.1, 0.15) is 5.82 Å². The Morgan fingerprint density at radius 1 is 1.08 bits per heavy atom. The molecule has 1 aliphatic heterocycles.